The van der Waals surface area contributed by atoms with E-state index in [1.54, 1.807) is 42.6 Å². The molecule has 0 aliphatic carbocycles. The van der Waals surface area contributed by atoms with Crippen LogP contribution in [-0.4, -0.2) is 38.2 Å². The molecule has 1 amide bonds. The Morgan fingerprint density at radius 2 is 1.90 bits per heavy atom. The largest absolute Gasteiger partial charge is 0.507 e. The Balaban J connectivity index is 1.66. The zero-order valence-corrected chi connectivity index (χ0v) is 16.8. The molecule has 1 atom stereocenters. The van der Waals surface area contributed by atoms with Crippen molar-refractivity contribution >= 4 is 5.91 Å². The molecule has 0 spiro atoms. The van der Waals surface area contributed by atoms with Crippen molar-refractivity contribution in [2.45, 2.75) is 12.6 Å². The number of nitrogens with one attached hydrogen (secondary N) is 1. The van der Waals surface area contributed by atoms with Crippen LogP contribution in [0, 0.1) is 0 Å². The minimum Gasteiger partial charge on any atom is -0.507 e. The Morgan fingerprint density at radius 3 is 2.61 bits per heavy atom. The van der Waals surface area contributed by atoms with Crippen molar-refractivity contribution in [3.05, 3.63) is 95.4 Å². The Morgan fingerprint density at radius 1 is 1.10 bits per heavy atom. The number of H-pyrrole nitrogens is 1. The first-order valence-electron chi connectivity index (χ1n) is 9.88. The second kappa shape index (κ2) is 7.60. The Labute approximate surface area is 179 Å². The van der Waals surface area contributed by atoms with Gasteiger partial charge in [-0.15, -0.1) is 0 Å². The highest BCUT2D eigenvalue weighted by Crippen LogP contribution is 2.45. The molecule has 7 heteroatoms. The lowest BCUT2D eigenvalue weighted by Crippen LogP contribution is -2.29. The Bertz CT molecular complexity index is 1240. The third kappa shape index (κ3) is 3.20. The third-order valence-electron chi connectivity index (χ3n) is 5.53. The van der Waals surface area contributed by atoms with Gasteiger partial charge in [0.25, 0.3) is 5.91 Å². The van der Waals surface area contributed by atoms with Gasteiger partial charge in [-0.05, 0) is 41.5 Å². The minimum atomic E-state index is -0.373. The summed E-state index contributed by atoms with van der Waals surface area (Å²) in [5, 5.41) is 17.7. The van der Waals surface area contributed by atoms with E-state index in [0.29, 0.717) is 23.5 Å². The second-order valence-corrected chi connectivity index (χ2v) is 7.35. The van der Waals surface area contributed by atoms with Gasteiger partial charge in [0.2, 0.25) is 0 Å². The number of fused-ring (bicyclic) bond motifs is 1. The Kier molecular flexibility index (Phi) is 4.63. The molecule has 4 aromatic rings. The predicted octanol–water partition coefficient (Wildman–Crippen LogP) is 3.93. The average Bonchev–Trinajstić information content (AvgIpc) is 3.34. The third-order valence-corrected chi connectivity index (χ3v) is 5.53. The maximum Gasteiger partial charge on any atom is 0.273 e. The molecule has 2 aromatic heterocycles. The van der Waals surface area contributed by atoms with E-state index >= 15 is 0 Å². The van der Waals surface area contributed by atoms with Crippen molar-refractivity contribution < 1.29 is 14.6 Å². The maximum absolute atomic E-state index is 13.4. The monoisotopic (exact) mass is 412 g/mol. The smallest absolute Gasteiger partial charge is 0.273 e. The van der Waals surface area contributed by atoms with E-state index in [2.05, 4.69) is 15.2 Å². The molecule has 0 radical (unpaired) electrons. The van der Waals surface area contributed by atoms with Gasteiger partial charge in [0.1, 0.15) is 22.9 Å². The molecule has 0 saturated heterocycles. The van der Waals surface area contributed by atoms with Gasteiger partial charge in [-0.3, -0.25) is 14.9 Å². The fourth-order valence-electron chi connectivity index (χ4n) is 4.06. The maximum atomic E-state index is 13.4. The first kappa shape index (κ1) is 18.9. The van der Waals surface area contributed by atoms with Gasteiger partial charge < -0.3 is 14.7 Å². The van der Waals surface area contributed by atoms with Crippen LogP contribution < -0.4 is 4.74 Å². The van der Waals surface area contributed by atoms with Crippen molar-refractivity contribution in [3.63, 3.8) is 0 Å². The first-order chi connectivity index (χ1) is 15.2. The summed E-state index contributed by atoms with van der Waals surface area (Å²) in [6.45, 7) is 0.395. The van der Waals surface area contributed by atoms with E-state index in [4.69, 9.17) is 4.74 Å². The number of phenols is 1. The predicted molar refractivity (Wildman–Crippen MR) is 115 cm³/mol. The number of pyridine rings is 1. The number of carbonyl (C=O) groups excluding carboxylic acids is 1. The van der Waals surface area contributed by atoms with E-state index in [0.717, 1.165) is 22.4 Å². The number of hydrogen-bond donors (Lipinski definition) is 2. The van der Waals surface area contributed by atoms with Gasteiger partial charge in [0.15, 0.2) is 0 Å². The van der Waals surface area contributed by atoms with Gasteiger partial charge in [-0.2, -0.15) is 5.10 Å². The zero-order chi connectivity index (χ0) is 21.4. The van der Waals surface area contributed by atoms with E-state index in [9.17, 15) is 9.90 Å². The van der Waals surface area contributed by atoms with Gasteiger partial charge in [-0.25, -0.2) is 0 Å². The van der Waals surface area contributed by atoms with Crippen LogP contribution in [0.5, 0.6) is 11.5 Å². The number of hydrogen-bond acceptors (Lipinski definition) is 5. The summed E-state index contributed by atoms with van der Waals surface area (Å²) in [6, 6.07) is 18.1. The summed E-state index contributed by atoms with van der Waals surface area (Å²) >= 11 is 0. The van der Waals surface area contributed by atoms with Crippen molar-refractivity contribution in [1.29, 1.82) is 0 Å². The van der Waals surface area contributed by atoms with Crippen LogP contribution in [0.1, 0.15) is 33.2 Å². The van der Waals surface area contributed by atoms with E-state index in [-0.39, 0.29) is 17.7 Å². The molecule has 0 saturated carbocycles. The fourth-order valence-corrected chi connectivity index (χ4v) is 4.06. The molecule has 2 N–H and O–H groups in total. The van der Waals surface area contributed by atoms with Crippen LogP contribution >= 0.6 is 0 Å². The molecule has 1 aliphatic heterocycles. The molecule has 1 aliphatic rings. The van der Waals surface area contributed by atoms with Crippen LogP contribution in [0.3, 0.4) is 0 Å². The summed E-state index contributed by atoms with van der Waals surface area (Å²) < 4.78 is 5.30. The van der Waals surface area contributed by atoms with Crippen LogP contribution in [0.2, 0.25) is 0 Å². The number of carbonyl (C=O) groups is 1. The lowest BCUT2D eigenvalue weighted by molar-refractivity contribution is 0.0730. The number of ether oxygens (including phenoxy) is 1. The number of para-hydroxylation sites is 1. The molecular weight excluding hydrogens is 392 g/mol. The topological polar surface area (TPSA) is 91.3 Å². The lowest BCUT2D eigenvalue weighted by Gasteiger charge is -2.26. The van der Waals surface area contributed by atoms with E-state index in [1.165, 1.54) is 0 Å². The van der Waals surface area contributed by atoms with Crippen molar-refractivity contribution in [2.75, 3.05) is 7.11 Å². The van der Waals surface area contributed by atoms with Crippen LogP contribution in [-0.2, 0) is 6.54 Å². The van der Waals surface area contributed by atoms with E-state index in [1.807, 2.05) is 42.5 Å². The van der Waals surface area contributed by atoms with Gasteiger partial charge >= 0.3 is 0 Å². The normalized spacial score (nSPS) is 15.2. The summed E-state index contributed by atoms with van der Waals surface area (Å²) in [7, 11) is 1.62. The van der Waals surface area contributed by atoms with E-state index < -0.39 is 0 Å². The molecule has 0 bridgehead atoms. The van der Waals surface area contributed by atoms with Crippen molar-refractivity contribution in [3.8, 4) is 22.8 Å². The highest BCUT2D eigenvalue weighted by molar-refractivity contribution is 6.00. The molecule has 154 valence electrons. The molecule has 1 unspecified atom stereocenters. The zero-order valence-electron chi connectivity index (χ0n) is 16.8. The van der Waals surface area contributed by atoms with Crippen molar-refractivity contribution in [2.24, 2.45) is 0 Å². The minimum absolute atomic E-state index is 0.114. The number of rotatable bonds is 5. The number of aromatic hydroxyl groups is 1. The molecule has 0 fully saturated rings. The SMILES string of the molecule is COc1ccc(C2c3c(-c4ccccc4O)n[nH]c3C(=O)N2Cc2cccnc2)cc1. The molecule has 5 rings (SSSR count). The number of benzene rings is 2. The average molecular weight is 412 g/mol. The molecule has 7 nitrogen and oxygen atoms in total. The Hall–Kier alpha value is -4.13. The molecule has 3 heterocycles. The summed E-state index contributed by atoms with van der Waals surface area (Å²) in [5.41, 5.74) is 4.18. The summed E-state index contributed by atoms with van der Waals surface area (Å²) in [5.74, 6) is 0.706. The number of aromatic nitrogens is 3. The first-order valence-corrected chi connectivity index (χ1v) is 9.88. The van der Waals surface area contributed by atoms with Crippen molar-refractivity contribution in [1.82, 2.24) is 20.1 Å². The number of amides is 1. The number of nitrogens with zero attached hydrogens (tertiary/aromatic N) is 3. The molecular formula is C24H20N4O3. The van der Waals surface area contributed by atoms with Crippen LogP contribution in [0.4, 0.5) is 0 Å². The lowest BCUT2D eigenvalue weighted by atomic mass is 9.95. The van der Waals surface area contributed by atoms with Crippen LogP contribution in [0.15, 0.2) is 73.1 Å². The summed E-state index contributed by atoms with van der Waals surface area (Å²) in [6.07, 6.45) is 3.46. The number of aromatic amines is 1. The second-order valence-electron chi connectivity index (χ2n) is 7.35. The van der Waals surface area contributed by atoms with Gasteiger partial charge in [-0.1, -0.05) is 30.3 Å². The molecule has 2 aromatic carbocycles. The number of phenolic OH excluding ortho intramolecular Hbond substituents is 1. The molecule has 31 heavy (non-hydrogen) atoms. The van der Waals surface area contributed by atoms with Crippen LogP contribution in [0.25, 0.3) is 11.3 Å². The van der Waals surface area contributed by atoms with Gasteiger partial charge in [0, 0.05) is 30.1 Å². The summed E-state index contributed by atoms with van der Waals surface area (Å²) in [4.78, 5) is 19.4. The number of methoxy groups -OCH3 is 1. The highest BCUT2D eigenvalue weighted by atomic mass is 16.5. The van der Waals surface area contributed by atoms with Gasteiger partial charge in [0.05, 0.1) is 13.2 Å². The quantitative estimate of drug-likeness (QED) is 0.518. The standard InChI is InChI=1S/C24H20N4O3/c1-31-17-10-8-16(9-11-17)23-20-21(18-6-2-3-7-19(18)29)26-27-22(20)24(30)28(23)14-15-5-4-12-25-13-15/h2-13,23,29H,14H2,1H3,(H,26,27). The fraction of sp³-hybridized carbons (Fsp3) is 0.125. The highest BCUT2D eigenvalue weighted by Gasteiger charge is 2.42.